The molecule has 1 saturated heterocycles. The molecule has 0 aromatic carbocycles. The first kappa shape index (κ1) is 7.92. The van der Waals surface area contributed by atoms with Gasteiger partial charge in [0.15, 0.2) is 11.9 Å². The number of nitrogens with zero attached hydrogens (tertiary/aromatic N) is 1. The van der Waals surface area contributed by atoms with Gasteiger partial charge in [0.25, 0.3) is 0 Å². The van der Waals surface area contributed by atoms with Crippen LogP contribution in [0.1, 0.15) is 6.92 Å². The Labute approximate surface area is 74.9 Å². The molecule has 13 heavy (non-hydrogen) atoms. The Balaban J connectivity index is 2.22. The Morgan fingerprint density at radius 1 is 1.62 bits per heavy atom. The molecular formula is C8H8N2O3. The molecule has 3 atom stereocenters. The van der Waals surface area contributed by atoms with Crippen LogP contribution < -0.4 is 5.32 Å². The molecule has 5 nitrogen and oxygen atoms in total. The van der Waals surface area contributed by atoms with E-state index in [0.717, 1.165) is 0 Å². The summed E-state index contributed by atoms with van der Waals surface area (Å²) >= 11 is 0. The van der Waals surface area contributed by atoms with Crippen LogP contribution in [0.3, 0.4) is 0 Å². The van der Waals surface area contributed by atoms with Gasteiger partial charge in [-0.25, -0.2) is 4.79 Å². The fraction of sp³-hybridized carbons (Fsp3) is 0.500. The number of hydrogen-bond donors (Lipinski definition) is 1. The average molecular weight is 180 g/mol. The summed E-state index contributed by atoms with van der Waals surface area (Å²) in [7, 11) is 0. The summed E-state index contributed by atoms with van der Waals surface area (Å²) in [4.78, 5) is 10.8. The molecule has 2 heterocycles. The van der Waals surface area contributed by atoms with Crippen molar-refractivity contribution in [2.24, 2.45) is 5.92 Å². The van der Waals surface area contributed by atoms with Gasteiger partial charge in [-0.2, -0.15) is 5.26 Å². The van der Waals surface area contributed by atoms with E-state index in [2.05, 4.69) is 5.32 Å². The van der Waals surface area contributed by atoms with E-state index in [1.165, 1.54) is 0 Å². The zero-order chi connectivity index (χ0) is 9.42. The highest BCUT2D eigenvalue weighted by atomic mass is 16.6. The van der Waals surface area contributed by atoms with E-state index in [0.29, 0.717) is 0 Å². The fourth-order valence-corrected chi connectivity index (χ4v) is 1.47. The molecule has 0 aromatic rings. The maximum absolute atomic E-state index is 10.8. The molecule has 1 fully saturated rings. The smallest absolute Gasteiger partial charge is 0.410 e. The maximum atomic E-state index is 10.8. The van der Waals surface area contributed by atoms with Crippen molar-refractivity contribution in [2.45, 2.75) is 19.3 Å². The molecule has 0 radical (unpaired) electrons. The number of nitrogens with one attached hydrogen (secondary N) is 1. The van der Waals surface area contributed by atoms with Gasteiger partial charge in [0.05, 0.1) is 0 Å². The van der Waals surface area contributed by atoms with Crippen molar-refractivity contribution in [3.63, 3.8) is 0 Å². The normalized spacial score (nSPS) is 36.2. The van der Waals surface area contributed by atoms with E-state index in [1.807, 2.05) is 13.0 Å². The van der Waals surface area contributed by atoms with Crippen LogP contribution in [0, 0.1) is 17.2 Å². The third-order valence-corrected chi connectivity index (χ3v) is 2.10. The van der Waals surface area contributed by atoms with Gasteiger partial charge in [0, 0.05) is 5.92 Å². The summed E-state index contributed by atoms with van der Waals surface area (Å²) in [5.74, 6) is 0.242. The lowest BCUT2D eigenvalue weighted by molar-refractivity contribution is 0.000405. The van der Waals surface area contributed by atoms with Crippen molar-refractivity contribution in [1.29, 1.82) is 5.26 Å². The first-order valence-electron chi connectivity index (χ1n) is 3.96. The van der Waals surface area contributed by atoms with Gasteiger partial charge in [-0.05, 0) is 6.08 Å². The minimum Gasteiger partial charge on any atom is -0.457 e. The number of carbonyl (C=O) groups is 1. The molecule has 5 heteroatoms. The van der Waals surface area contributed by atoms with E-state index in [4.69, 9.17) is 14.7 Å². The second-order valence-corrected chi connectivity index (χ2v) is 3.05. The number of alkyl carbamates (subject to hydrolysis) is 1. The van der Waals surface area contributed by atoms with Crippen molar-refractivity contribution in [3.8, 4) is 6.07 Å². The fourth-order valence-electron chi connectivity index (χ4n) is 1.47. The maximum Gasteiger partial charge on any atom is 0.410 e. The number of fused-ring (bicyclic) bond motifs is 1. The Morgan fingerprint density at radius 2 is 2.38 bits per heavy atom. The van der Waals surface area contributed by atoms with Crippen molar-refractivity contribution < 1.29 is 14.3 Å². The second kappa shape index (κ2) is 2.66. The number of hydrogen-bond acceptors (Lipinski definition) is 4. The summed E-state index contributed by atoms with van der Waals surface area (Å²) in [5.41, 5.74) is 0. The standard InChI is InChI=1S/C8H8N2O3/c1-4-2-5(3-9)12-7-6(4)13-8(11)10-7/h2,4,6-7H,1H3,(H,10,11)/t4-,6+,7+/m0/s1. The van der Waals surface area contributed by atoms with Crippen molar-refractivity contribution in [2.75, 3.05) is 0 Å². The summed E-state index contributed by atoms with van der Waals surface area (Å²) in [5, 5.41) is 11.1. The summed E-state index contributed by atoms with van der Waals surface area (Å²) < 4.78 is 10.1. The predicted molar refractivity (Wildman–Crippen MR) is 41.1 cm³/mol. The number of allylic oxidation sites excluding steroid dienone is 1. The van der Waals surface area contributed by atoms with E-state index in [9.17, 15) is 4.79 Å². The Hall–Kier alpha value is -1.70. The van der Waals surface area contributed by atoms with E-state index >= 15 is 0 Å². The first-order valence-corrected chi connectivity index (χ1v) is 3.96. The third-order valence-electron chi connectivity index (χ3n) is 2.10. The van der Waals surface area contributed by atoms with Gasteiger partial charge in [0.2, 0.25) is 6.23 Å². The van der Waals surface area contributed by atoms with Crippen molar-refractivity contribution in [3.05, 3.63) is 11.8 Å². The summed E-state index contributed by atoms with van der Waals surface area (Å²) in [6, 6.07) is 1.89. The van der Waals surface area contributed by atoms with Crippen LogP contribution in [-0.2, 0) is 9.47 Å². The lowest BCUT2D eigenvalue weighted by Crippen LogP contribution is -2.39. The molecule has 0 spiro atoms. The van der Waals surface area contributed by atoms with E-state index < -0.39 is 12.3 Å². The molecule has 2 aliphatic rings. The van der Waals surface area contributed by atoms with Crippen LogP contribution in [0.2, 0.25) is 0 Å². The highest BCUT2D eigenvalue weighted by molar-refractivity contribution is 5.70. The van der Waals surface area contributed by atoms with Crippen LogP contribution in [-0.4, -0.2) is 18.4 Å². The SMILES string of the molecule is C[C@H]1C=C(C#N)O[C@H]2NC(=O)O[C@@H]21. The average Bonchev–Trinajstić information content (AvgIpc) is 2.46. The van der Waals surface area contributed by atoms with Crippen LogP contribution in [0.15, 0.2) is 11.8 Å². The predicted octanol–water partition coefficient (Wildman–Crippen LogP) is 0.495. The molecule has 0 saturated carbocycles. The van der Waals surface area contributed by atoms with Gasteiger partial charge in [0.1, 0.15) is 6.07 Å². The van der Waals surface area contributed by atoms with Crippen LogP contribution in [0.25, 0.3) is 0 Å². The Kier molecular flexibility index (Phi) is 1.62. The molecule has 1 N–H and O–H groups in total. The molecule has 2 aliphatic heterocycles. The monoisotopic (exact) mass is 180 g/mol. The molecular weight excluding hydrogens is 172 g/mol. The Morgan fingerprint density at radius 3 is 3.08 bits per heavy atom. The van der Waals surface area contributed by atoms with Gasteiger partial charge >= 0.3 is 6.09 Å². The topological polar surface area (TPSA) is 71.3 Å². The zero-order valence-electron chi connectivity index (χ0n) is 6.98. The van der Waals surface area contributed by atoms with Crippen molar-refractivity contribution >= 4 is 6.09 Å². The minimum atomic E-state index is -0.512. The van der Waals surface area contributed by atoms with Gasteiger partial charge < -0.3 is 9.47 Å². The lowest BCUT2D eigenvalue weighted by atomic mass is 10.0. The van der Waals surface area contributed by atoms with Gasteiger partial charge in [-0.3, -0.25) is 5.32 Å². The lowest BCUT2D eigenvalue weighted by Gasteiger charge is -2.25. The van der Waals surface area contributed by atoms with E-state index in [1.54, 1.807) is 6.08 Å². The number of ether oxygens (including phenoxy) is 2. The number of amides is 1. The largest absolute Gasteiger partial charge is 0.457 e. The number of nitriles is 1. The van der Waals surface area contributed by atoms with Crippen LogP contribution >= 0.6 is 0 Å². The van der Waals surface area contributed by atoms with Crippen LogP contribution in [0.5, 0.6) is 0 Å². The van der Waals surface area contributed by atoms with E-state index in [-0.39, 0.29) is 17.8 Å². The van der Waals surface area contributed by atoms with Gasteiger partial charge in [-0.1, -0.05) is 6.92 Å². The third kappa shape index (κ3) is 1.20. The summed E-state index contributed by atoms with van der Waals surface area (Å²) in [6.07, 6.45) is 0.336. The molecule has 2 rings (SSSR count). The Bertz CT molecular complexity index is 318. The quantitative estimate of drug-likeness (QED) is 0.589. The second-order valence-electron chi connectivity index (χ2n) is 3.05. The highest BCUT2D eigenvalue weighted by Crippen LogP contribution is 2.26. The van der Waals surface area contributed by atoms with Gasteiger partial charge in [-0.15, -0.1) is 0 Å². The molecule has 0 bridgehead atoms. The number of rotatable bonds is 0. The molecule has 0 unspecified atom stereocenters. The minimum absolute atomic E-state index is 0.00681. The molecule has 1 amide bonds. The first-order chi connectivity index (χ1) is 6.20. The molecule has 68 valence electrons. The molecule has 0 aromatic heterocycles. The zero-order valence-corrected chi connectivity index (χ0v) is 6.98. The summed E-state index contributed by atoms with van der Waals surface area (Å²) in [6.45, 7) is 1.87. The molecule has 0 aliphatic carbocycles. The highest BCUT2D eigenvalue weighted by Gasteiger charge is 2.42. The van der Waals surface area contributed by atoms with Crippen molar-refractivity contribution in [1.82, 2.24) is 5.32 Å². The number of carbonyl (C=O) groups excluding carboxylic acids is 1. The van der Waals surface area contributed by atoms with Crippen LogP contribution in [0.4, 0.5) is 4.79 Å².